The molecular weight excluding hydrogens is 320 g/mol. The van der Waals surface area contributed by atoms with Crippen molar-refractivity contribution in [3.63, 3.8) is 0 Å². The van der Waals surface area contributed by atoms with Crippen LogP contribution in [-0.4, -0.2) is 10.8 Å². The van der Waals surface area contributed by atoms with Crippen molar-refractivity contribution < 1.29 is 14.1 Å². The summed E-state index contributed by atoms with van der Waals surface area (Å²) < 4.78 is 5.32. The molecule has 0 fully saturated rings. The molecule has 0 saturated carbocycles. The number of rotatable bonds is 3. The van der Waals surface area contributed by atoms with Gasteiger partial charge in [0.2, 0.25) is 0 Å². The molecule has 0 bridgehead atoms. The topological polar surface area (TPSA) is 85.4 Å². The normalized spacial score (nSPS) is 11.5. The van der Waals surface area contributed by atoms with E-state index in [1.165, 1.54) is 24.5 Å². The van der Waals surface area contributed by atoms with Gasteiger partial charge in [-0.3, -0.25) is 14.9 Å². The van der Waals surface area contributed by atoms with Crippen molar-refractivity contribution in [3.05, 3.63) is 70.0 Å². The van der Waals surface area contributed by atoms with Crippen LogP contribution in [0.3, 0.4) is 0 Å². The van der Waals surface area contributed by atoms with Gasteiger partial charge in [0.1, 0.15) is 11.8 Å². The summed E-state index contributed by atoms with van der Waals surface area (Å²) in [5.74, 6) is -0.372. The first-order chi connectivity index (χ1) is 11.8. The molecule has 0 aliphatic carbocycles. The van der Waals surface area contributed by atoms with Crippen LogP contribution in [0.5, 0.6) is 0 Å². The number of nitrogens with zero attached hydrogens (tertiary/aromatic N) is 1. The minimum absolute atomic E-state index is 0.0300. The first-order valence-corrected chi connectivity index (χ1v) is 7.83. The van der Waals surface area contributed by atoms with Gasteiger partial charge in [-0.15, -0.1) is 0 Å². The molecule has 0 aliphatic heterocycles. The third kappa shape index (κ3) is 3.38. The number of nitro groups is 1. The SMILES string of the molecule is CC(C)(C)c1ccc(NC(=O)c2coc3ccc([N+](=O)[O-])cc23)cc1. The Bertz CT molecular complexity index is 950. The second-order valence-electron chi connectivity index (χ2n) is 6.87. The summed E-state index contributed by atoms with van der Waals surface area (Å²) in [4.78, 5) is 22.9. The van der Waals surface area contributed by atoms with Gasteiger partial charge in [-0.2, -0.15) is 0 Å². The minimum Gasteiger partial charge on any atom is -0.463 e. The van der Waals surface area contributed by atoms with Crippen LogP contribution in [0.15, 0.2) is 53.1 Å². The highest BCUT2D eigenvalue weighted by Gasteiger charge is 2.18. The summed E-state index contributed by atoms with van der Waals surface area (Å²) in [6.45, 7) is 6.35. The highest BCUT2D eigenvalue weighted by molar-refractivity contribution is 6.12. The van der Waals surface area contributed by atoms with E-state index in [1.54, 1.807) is 0 Å². The van der Waals surface area contributed by atoms with E-state index in [0.29, 0.717) is 16.7 Å². The lowest BCUT2D eigenvalue weighted by Crippen LogP contribution is -2.13. The van der Waals surface area contributed by atoms with Crippen LogP contribution in [-0.2, 0) is 5.41 Å². The van der Waals surface area contributed by atoms with Gasteiger partial charge in [-0.05, 0) is 29.2 Å². The fourth-order valence-corrected chi connectivity index (χ4v) is 2.56. The molecule has 128 valence electrons. The zero-order valence-electron chi connectivity index (χ0n) is 14.2. The summed E-state index contributed by atoms with van der Waals surface area (Å²) in [6.07, 6.45) is 1.31. The van der Waals surface area contributed by atoms with Gasteiger partial charge in [0, 0.05) is 23.2 Å². The third-order valence-corrected chi connectivity index (χ3v) is 4.02. The summed E-state index contributed by atoms with van der Waals surface area (Å²) >= 11 is 0. The highest BCUT2D eigenvalue weighted by Crippen LogP contribution is 2.27. The molecule has 1 aromatic heterocycles. The molecule has 3 rings (SSSR count). The number of benzene rings is 2. The summed E-state index contributed by atoms with van der Waals surface area (Å²) in [7, 11) is 0. The zero-order valence-corrected chi connectivity index (χ0v) is 14.2. The average molecular weight is 338 g/mol. The average Bonchev–Trinajstić information content (AvgIpc) is 2.97. The summed E-state index contributed by atoms with van der Waals surface area (Å²) in [5.41, 5.74) is 2.45. The fourth-order valence-electron chi connectivity index (χ4n) is 2.56. The summed E-state index contributed by atoms with van der Waals surface area (Å²) in [5, 5.41) is 14.1. The Kier molecular flexibility index (Phi) is 4.04. The number of anilines is 1. The Morgan fingerprint density at radius 1 is 1.12 bits per heavy atom. The number of hydrogen-bond acceptors (Lipinski definition) is 4. The smallest absolute Gasteiger partial charge is 0.270 e. The van der Waals surface area contributed by atoms with E-state index in [4.69, 9.17) is 4.42 Å². The molecule has 1 heterocycles. The van der Waals surface area contributed by atoms with Crippen molar-refractivity contribution in [3.8, 4) is 0 Å². The van der Waals surface area contributed by atoms with Crippen molar-refractivity contribution in [2.24, 2.45) is 0 Å². The standard InChI is InChI=1S/C19H18N2O4/c1-19(2,3)12-4-6-13(7-5-12)20-18(22)16-11-25-17-9-8-14(21(23)24)10-15(16)17/h4-11H,1-3H3,(H,20,22). The number of carbonyl (C=O) groups excluding carboxylic acids is 1. The number of hydrogen-bond donors (Lipinski definition) is 1. The van der Waals surface area contributed by atoms with E-state index in [-0.39, 0.29) is 22.6 Å². The quantitative estimate of drug-likeness (QED) is 0.544. The van der Waals surface area contributed by atoms with E-state index < -0.39 is 4.92 Å². The first-order valence-electron chi connectivity index (χ1n) is 7.83. The molecule has 25 heavy (non-hydrogen) atoms. The molecule has 2 aromatic carbocycles. The van der Waals surface area contributed by atoms with Crippen molar-refractivity contribution in [1.82, 2.24) is 0 Å². The van der Waals surface area contributed by atoms with Crippen LogP contribution in [0.25, 0.3) is 11.0 Å². The predicted octanol–water partition coefficient (Wildman–Crippen LogP) is 4.89. The molecule has 0 radical (unpaired) electrons. The Labute approximate surface area is 144 Å². The van der Waals surface area contributed by atoms with Crippen LogP contribution < -0.4 is 5.32 Å². The van der Waals surface area contributed by atoms with Crippen LogP contribution >= 0.6 is 0 Å². The predicted molar refractivity (Wildman–Crippen MR) is 96.0 cm³/mol. The molecule has 1 amide bonds. The van der Waals surface area contributed by atoms with Crippen LogP contribution in [0, 0.1) is 10.1 Å². The molecule has 3 aromatic rings. The van der Waals surface area contributed by atoms with E-state index in [2.05, 4.69) is 26.1 Å². The molecule has 0 atom stereocenters. The number of nitro benzene ring substituents is 1. The third-order valence-electron chi connectivity index (χ3n) is 4.02. The van der Waals surface area contributed by atoms with Gasteiger partial charge in [0.15, 0.2) is 0 Å². The number of furan rings is 1. The zero-order chi connectivity index (χ0) is 18.2. The van der Waals surface area contributed by atoms with E-state index in [9.17, 15) is 14.9 Å². The molecule has 6 heteroatoms. The Morgan fingerprint density at radius 3 is 2.40 bits per heavy atom. The van der Waals surface area contributed by atoms with Gasteiger partial charge in [0.05, 0.1) is 10.5 Å². The number of carbonyl (C=O) groups is 1. The summed E-state index contributed by atoms with van der Waals surface area (Å²) in [6, 6.07) is 11.8. The van der Waals surface area contributed by atoms with Crippen molar-refractivity contribution in [1.29, 1.82) is 0 Å². The van der Waals surface area contributed by atoms with Gasteiger partial charge in [0.25, 0.3) is 11.6 Å². The van der Waals surface area contributed by atoms with Crippen LogP contribution in [0.4, 0.5) is 11.4 Å². The second kappa shape index (κ2) is 6.05. The number of amides is 1. The Hall–Kier alpha value is -3.15. The van der Waals surface area contributed by atoms with Crippen LogP contribution in [0.1, 0.15) is 36.7 Å². The lowest BCUT2D eigenvalue weighted by atomic mass is 9.87. The maximum Gasteiger partial charge on any atom is 0.270 e. The fraction of sp³-hybridized carbons (Fsp3) is 0.211. The van der Waals surface area contributed by atoms with E-state index in [1.807, 2.05) is 24.3 Å². The van der Waals surface area contributed by atoms with E-state index >= 15 is 0 Å². The van der Waals surface area contributed by atoms with Crippen LogP contribution in [0.2, 0.25) is 0 Å². The van der Waals surface area contributed by atoms with Crippen molar-refractivity contribution in [2.45, 2.75) is 26.2 Å². The molecule has 6 nitrogen and oxygen atoms in total. The number of non-ortho nitro benzene ring substituents is 1. The van der Waals surface area contributed by atoms with Crippen molar-refractivity contribution >= 4 is 28.3 Å². The maximum atomic E-state index is 12.5. The Morgan fingerprint density at radius 2 is 1.80 bits per heavy atom. The molecule has 0 aliphatic rings. The number of fused-ring (bicyclic) bond motifs is 1. The van der Waals surface area contributed by atoms with Crippen molar-refractivity contribution in [2.75, 3.05) is 5.32 Å². The monoisotopic (exact) mass is 338 g/mol. The van der Waals surface area contributed by atoms with E-state index in [0.717, 1.165) is 5.56 Å². The maximum absolute atomic E-state index is 12.5. The minimum atomic E-state index is -0.501. The van der Waals surface area contributed by atoms with Gasteiger partial charge in [-0.1, -0.05) is 32.9 Å². The van der Waals surface area contributed by atoms with Gasteiger partial charge >= 0.3 is 0 Å². The molecule has 0 saturated heterocycles. The number of nitrogens with one attached hydrogen (secondary N) is 1. The lowest BCUT2D eigenvalue weighted by Gasteiger charge is -2.19. The molecule has 1 N–H and O–H groups in total. The molecule has 0 unspecified atom stereocenters. The highest BCUT2D eigenvalue weighted by atomic mass is 16.6. The first kappa shape index (κ1) is 16.7. The Balaban J connectivity index is 1.87. The molecule has 0 spiro atoms. The largest absolute Gasteiger partial charge is 0.463 e. The lowest BCUT2D eigenvalue weighted by molar-refractivity contribution is -0.384. The van der Waals surface area contributed by atoms with Gasteiger partial charge in [-0.25, -0.2) is 0 Å². The second-order valence-corrected chi connectivity index (χ2v) is 6.87. The van der Waals surface area contributed by atoms with Gasteiger partial charge < -0.3 is 9.73 Å². The molecular formula is C19H18N2O4.